The molecule has 2 heterocycles. The first-order valence-corrected chi connectivity index (χ1v) is 10.6. The number of methoxy groups -OCH3 is 2. The lowest BCUT2D eigenvalue weighted by atomic mass is 9.99. The number of hydrogen-bond acceptors (Lipinski definition) is 8. The summed E-state index contributed by atoms with van der Waals surface area (Å²) in [5.74, 6) is 1.15. The fraction of sp³-hybridized carbons (Fsp3) is 0.500. The molecule has 174 valence electrons. The van der Waals surface area contributed by atoms with Crippen molar-refractivity contribution in [2.45, 2.75) is 50.8 Å². The molecule has 32 heavy (non-hydrogen) atoms. The summed E-state index contributed by atoms with van der Waals surface area (Å²) in [5.41, 5.74) is 3.84. The highest BCUT2D eigenvalue weighted by molar-refractivity contribution is 5.43. The number of aryl methyl sites for hydroxylation is 2. The molecule has 0 spiro atoms. The van der Waals surface area contributed by atoms with Crippen LogP contribution in [0.5, 0.6) is 11.5 Å². The van der Waals surface area contributed by atoms with Gasteiger partial charge in [0.2, 0.25) is 0 Å². The van der Waals surface area contributed by atoms with Gasteiger partial charge in [-0.3, -0.25) is 0 Å². The average Bonchev–Trinajstić information content (AvgIpc) is 2.83. The average molecular weight is 446 g/mol. The van der Waals surface area contributed by atoms with Crippen molar-refractivity contribution in [1.29, 1.82) is 0 Å². The predicted molar refractivity (Wildman–Crippen MR) is 115 cm³/mol. The lowest BCUT2D eigenvalue weighted by Crippen LogP contribution is -2.58. The van der Waals surface area contributed by atoms with Crippen LogP contribution in [-0.4, -0.2) is 62.1 Å². The summed E-state index contributed by atoms with van der Waals surface area (Å²) in [7, 11) is 3.13. The van der Waals surface area contributed by atoms with Crippen molar-refractivity contribution in [3.63, 3.8) is 0 Å². The largest absolute Gasteiger partial charge is 0.493 e. The van der Waals surface area contributed by atoms with E-state index in [0.29, 0.717) is 11.5 Å². The second-order valence-corrected chi connectivity index (χ2v) is 8.08. The fourth-order valence-electron chi connectivity index (χ4n) is 4.02. The van der Waals surface area contributed by atoms with Crippen molar-refractivity contribution in [2.24, 2.45) is 0 Å². The van der Waals surface area contributed by atoms with Crippen LogP contribution in [0.15, 0.2) is 36.4 Å². The summed E-state index contributed by atoms with van der Waals surface area (Å²) in [6.07, 6.45) is -4.45. The maximum absolute atomic E-state index is 10.5. The van der Waals surface area contributed by atoms with Crippen LogP contribution >= 0.6 is 0 Å². The molecule has 2 aliphatic heterocycles. The molecule has 0 aromatic heterocycles. The van der Waals surface area contributed by atoms with Gasteiger partial charge in [0.05, 0.1) is 27.4 Å². The molecule has 0 aliphatic carbocycles. The zero-order chi connectivity index (χ0) is 22.8. The molecule has 0 amide bonds. The van der Waals surface area contributed by atoms with E-state index in [0.717, 1.165) is 22.3 Å². The van der Waals surface area contributed by atoms with Crippen molar-refractivity contribution in [1.82, 2.24) is 0 Å². The Bertz CT molecular complexity index is 932. The van der Waals surface area contributed by atoms with Gasteiger partial charge < -0.3 is 38.6 Å². The molecule has 2 saturated heterocycles. The quantitative estimate of drug-likeness (QED) is 0.699. The van der Waals surface area contributed by atoms with Gasteiger partial charge in [-0.15, -0.1) is 0 Å². The van der Waals surface area contributed by atoms with Gasteiger partial charge in [-0.1, -0.05) is 24.3 Å². The predicted octanol–water partition coefficient (Wildman–Crippen LogP) is 2.57. The Labute approximate surface area is 187 Å². The number of aliphatic hydroxyl groups is 2. The van der Waals surface area contributed by atoms with Gasteiger partial charge in [0.25, 0.3) is 0 Å². The third kappa shape index (κ3) is 4.47. The van der Waals surface area contributed by atoms with Crippen molar-refractivity contribution in [3.05, 3.63) is 58.7 Å². The maximum atomic E-state index is 10.5. The Morgan fingerprint density at radius 2 is 1.62 bits per heavy atom. The van der Waals surface area contributed by atoms with E-state index in [2.05, 4.69) is 0 Å². The molecular weight excluding hydrogens is 416 g/mol. The third-order valence-corrected chi connectivity index (χ3v) is 6.01. The number of rotatable bonds is 6. The van der Waals surface area contributed by atoms with Crippen molar-refractivity contribution < 1.29 is 38.6 Å². The normalized spacial score (nSPS) is 28.6. The SMILES string of the molecule is COc1ccc(C2OC[C@@H]3OC(c4ccc(C)c(C)c4)O[C@H]([C@H](O)CO)[C@@H]3O2)cc1OC. The summed E-state index contributed by atoms with van der Waals surface area (Å²) in [5, 5.41) is 20.1. The van der Waals surface area contributed by atoms with E-state index in [4.69, 9.17) is 28.4 Å². The number of aliphatic hydroxyl groups excluding tert-OH is 2. The smallest absolute Gasteiger partial charge is 0.184 e. The monoisotopic (exact) mass is 446 g/mol. The van der Waals surface area contributed by atoms with Crippen LogP contribution in [0, 0.1) is 13.8 Å². The molecule has 8 nitrogen and oxygen atoms in total. The van der Waals surface area contributed by atoms with Crippen LogP contribution in [0.3, 0.4) is 0 Å². The van der Waals surface area contributed by atoms with Gasteiger partial charge in [-0.2, -0.15) is 0 Å². The van der Waals surface area contributed by atoms with E-state index in [1.165, 1.54) is 0 Å². The van der Waals surface area contributed by atoms with Crippen molar-refractivity contribution >= 4 is 0 Å². The summed E-state index contributed by atoms with van der Waals surface area (Å²) in [6, 6.07) is 11.3. The van der Waals surface area contributed by atoms with Crippen LogP contribution in [0.2, 0.25) is 0 Å². The van der Waals surface area contributed by atoms with Gasteiger partial charge in [-0.25, -0.2) is 0 Å². The Morgan fingerprint density at radius 1 is 0.906 bits per heavy atom. The molecule has 8 heteroatoms. The van der Waals surface area contributed by atoms with Gasteiger partial charge in [0.15, 0.2) is 24.1 Å². The molecular formula is C24H30O8. The second-order valence-electron chi connectivity index (χ2n) is 8.08. The van der Waals surface area contributed by atoms with Gasteiger partial charge >= 0.3 is 0 Å². The summed E-state index contributed by atoms with van der Waals surface area (Å²) < 4.78 is 35.0. The zero-order valence-corrected chi connectivity index (χ0v) is 18.7. The van der Waals surface area contributed by atoms with Crippen LogP contribution in [-0.2, 0) is 18.9 Å². The third-order valence-electron chi connectivity index (χ3n) is 6.01. The first-order chi connectivity index (χ1) is 15.4. The van der Waals surface area contributed by atoms with Gasteiger partial charge in [0, 0.05) is 11.1 Å². The number of fused-ring (bicyclic) bond motifs is 1. The van der Waals surface area contributed by atoms with Crippen LogP contribution in [0.1, 0.15) is 34.8 Å². The Morgan fingerprint density at radius 3 is 2.31 bits per heavy atom. The molecule has 4 rings (SSSR count). The van der Waals surface area contributed by atoms with E-state index in [1.54, 1.807) is 26.4 Å². The molecule has 2 aliphatic rings. The second kappa shape index (κ2) is 9.74. The molecule has 0 bridgehead atoms. The minimum atomic E-state index is -1.13. The highest BCUT2D eigenvalue weighted by atomic mass is 16.8. The lowest BCUT2D eigenvalue weighted by molar-refractivity contribution is -0.373. The summed E-state index contributed by atoms with van der Waals surface area (Å²) in [6.45, 7) is 3.83. The molecule has 0 saturated carbocycles. The van der Waals surface area contributed by atoms with E-state index < -0.39 is 43.6 Å². The molecule has 2 aromatic rings. The van der Waals surface area contributed by atoms with E-state index in [9.17, 15) is 10.2 Å². The lowest BCUT2D eigenvalue weighted by Gasteiger charge is -2.47. The molecule has 2 fully saturated rings. The van der Waals surface area contributed by atoms with E-state index in [-0.39, 0.29) is 6.61 Å². The topological polar surface area (TPSA) is 95.8 Å². The van der Waals surface area contributed by atoms with Crippen molar-refractivity contribution in [3.8, 4) is 11.5 Å². The molecule has 2 unspecified atom stereocenters. The Hall–Kier alpha value is -2.20. The molecule has 2 aromatic carbocycles. The Kier molecular flexibility index (Phi) is 6.99. The number of benzene rings is 2. The van der Waals surface area contributed by atoms with Crippen molar-refractivity contribution in [2.75, 3.05) is 27.4 Å². The maximum Gasteiger partial charge on any atom is 0.184 e. The van der Waals surface area contributed by atoms with Gasteiger partial charge in [0.1, 0.15) is 24.4 Å². The highest BCUT2D eigenvalue weighted by Crippen LogP contribution is 2.40. The van der Waals surface area contributed by atoms with Crippen LogP contribution in [0.4, 0.5) is 0 Å². The van der Waals surface area contributed by atoms with Gasteiger partial charge in [-0.05, 0) is 37.1 Å². The summed E-state index contributed by atoms with van der Waals surface area (Å²) in [4.78, 5) is 0. The number of ether oxygens (including phenoxy) is 6. The first-order valence-electron chi connectivity index (χ1n) is 10.6. The minimum Gasteiger partial charge on any atom is -0.493 e. The Balaban J connectivity index is 1.57. The molecule has 6 atom stereocenters. The first kappa shape index (κ1) is 23.0. The zero-order valence-electron chi connectivity index (χ0n) is 18.7. The van der Waals surface area contributed by atoms with E-state index >= 15 is 0 Å². The molecule has 2 N–H and O–H groups in total. The fourth-order valence-corrected chi connectivity index (χ4v) is 4.02. The highest BCUT2D eigenvalue weighted by Gasteiger charge is 2.48. The summed E-state index contributed by atoms with van der Waals surface area (Å²) >= 11 is 0. The molecule has 0 radical (unpaired) electrons. The standard InChI is InChI=1S/C24H30O8/c1-13-5-6-15(9-14(13)2)24-30-20-12-29-23(32-22(20)21(31-24)17(26)11-25)16-7-8-18(27-3)19(10-16)28-4/h5-10,17,20-26H,11-12H2,1-4H3/t17-,20+,21-,22-,23?,24?/m1/s1. The van der Waals surface area contributed by atoms with Crippen LogP contribution < -0.4 is 9.47 Å². The minimum absolute atomic E-state index is 0.239. The van der Waals surface area contributed by atoms with Crippen LogP contribution in [0.25, 0.3) is 0 Å². The van der Waals surface area contributed by atoms with E-state index in [1.807, 2.05) is 38.1 Å². The number of hydrogen-bond donors (Lipinski definition) is 2.